The molecular formula is C45H32N6. The summed E-state index contributed by atoms with van der Waals surface area (Å²) in [6.07, 6.45) is 6.18. The van der Waals surface area contributed by atoms with E-state index in [1.54, 1.807) is 12.4 Å². The van der Waals surface area contributed by atoms with E-state index in [0.717, 1.165) is 68.1 Å². The molecule has 0 saturated carbocycles. The van der Waals surface area contributed by atoms with Crippen molar-refractivity contribution in [3.05, 3.63) is 182 Å². The largest absolute Gasteiger partial charge is 0.265 e. The summed E-state index contributed by atoms with van der Waals surface area (Å²) in [5.41, 5.74) is 11.0. The van der Waals surface area contributed by atoms with Crippen molar-refractivity contribution in [2.24, 2.45) is 0 Å². The number of nitrogens with zero attached hydrogens (tertiary/aromatic N) is 6. The fourth-order valence-electron chi connectivity index (χ4n) is 6.03. The third-order valence-corrected chi connectivity index (χ3v) is 8.55. The zero-order valence-corrected chi connectivity index (χ0v) is 27.8. The molecule has 242 valence electrons. The quantitative estimate of drug-likeness (QED) is 0.144. The molecule has 8 rings (SSSR count). The first-order valence-electron chi connectivity index (χ1n) is 16.8. The summed E-state index contributed by atoms with van der Waals surface area (Å²) in [4.78, 5) is 29.8. The van der Waals surface area contributed by atoms with Crippen LogP contribution < -0.4 is 0 Å². The molecule has 8 aromatic rings. The van der Waals surface area contributed by atoms with Gasteiger partial charge in [-0.15, -0.1) is 6.58 Å². The SMILES string of the molecule is C=CCc1cccc(-c2cc(-c3nc(-c4ccncc4)nc(-c4cc(-c5ccccc5)nc(-c5ccccc5)c4)n3)cc(-c3ccccc3)n2)c1. The van der Waals surface area contributed by atoms with Crippen LogP contribution in [0.2, 0.25) is 0 Å². The summed E-state index contributed by atoms with van der Waals surface area (Å²) in [6.45, 7) is 3.93. The molecule has 0 fully saturated rings. The van der Waals surface area contributed by atoms with Gasteiger partial charge in [0.1, 0.15) is 0 Å². The lowest BCUT2D eigenvalue weighted by molar-refractivity contribution is 1.07. The van der Waals surface area contributed by atoms with Crippen LogP contribution in [0.25, 0.3) is 79.2 Å². The molecule has 0 atom stereocenters. The zero-order valence-electron chi connectivity index (χ0n) is 27.8. The Balaban J connectivity index is 1.36. The molecule has 0 aliphatic heterocycles. The van der Waals surface area contributed by atoms with Crippen molar-refractivity contribution in [1.29, 1.82) is 0 Å². The summed E-state index contributed by atoms with van der Waals surface area (Å²) in [6, 6.07) is 51.0. The Morgan fingerprint density at radius 2 is 0.784 bits per heavy atom. The molecule has 0 spiro atoms. The molecule has 0 saturated heterocycles. The van der Waals surface area contributed by atoms with E-state index in [9.17, 15) is 0 Å². The van der Waals surface area contributed by atoms with Gasteiger partial charge in [-0.05, 0) is 54.4 Å². The van der Waals surface area contributed by atoms with Gasteiger partial charge in [-0.25, -0.2) is 24.9 Å². The van der Waals surface area contributed by atoms with Crippen LogP contribution >= 0.6 is 0 Å². The van der Waals surface area contributed by atoms with E-state index < -0.39 is 0 Å². The molecule has 0 unspecified atom stereocenters. The van der Waals surface area contributed by atoms with Crippen LogP contribution in [0.1, 0.15) is 5.56 Å². The van der Waals surface area contributed by atoms with Crippen molar-refractivity contribution in [2.45, 2.75) is 6.42 Å². The van der Waals surface area contributed by atoms with Crippen molar-refractivity contribution in [2.75, 3.05) is 0 Å². The standard InChI is InChI=1S/C45H32N6/c1-2-13-31-14-12-21-36(26-31)42-30-38(29-41(48-42)34-19-10-5-11-20-34)45-50-43(35-22-24-46-25-23-35)49-44(51-45)37-27-39(32-15-6-3-7-16-32)47-40(28-37)33-17-8-4-9-18-33/h2-12,14-30H,1,13H2. The minimum absolute atomic E-state index is 0.536. The number of allylic oxidation sites excluding steroid dienone is 1. The maximum atomic E-state index is 5.18. The first-order valence-corrected chi connectivity index (χ1v) is 16.8. The van der Waals surface area contributed by atoms with Gasteiger partial charge in [-0.2, -0.15) is 0 Å². The topological polar surface area (TPSA) is 77.3 Å². The van der Waals surface area contributed by atoms with Crippen molar-refractivity contribution < 1.29 is 0 Å². The van der Waals surface area contributed by atoms with Crippen LogP contribution in [0.5, 0.6) is 0 Å². The predicted octanol–water partition coefficient (Wildman–Crippen LogP) is 10.5. The second kappa shape index (κ2) is 14.3. The maximum Gasteiger partial charge on any atom is 0.164 e. The van der Waals surface area contributed by atoms with E-state index in [4.69, 9.17) is 24.9 Å². The van der Waals surface area contributed by atoms with Gasteiger partial charge < -0.3 is 0 Å². The monoisotopic (exact) mass is 656 g/mol. The molecule has 0 amide bonds. The van der Waals surface area contributed by atoms with Crippen molar-refractivity contribution in [1.82, 2.24) is 29.9 Å². The van der Waals surface area contributed by atoms with Crippen LogP contribution in [0, 0.1) is 0 Å². The van der Waals surface area contributed by atoms with E-state index in [0.29, 0.717) is 17.5 Å². The third-order valence-electron chi connectivity index (χ3n) is 8.55. The lowest BCUT2D eigenvalue weighted by Crippen LogP contribution is -2.02. The van der Waals surface area contributed by atoms with Gasteiger partial charge in [0.05, 0.1) is 22.8 Å². The van der Waals surface area contributed by atoms with Gasteiger partial charge in [0.25, 0.3) is 0 Å². The first kappa shape index (κ1) is 31.4. The third kappa shape index (κ3) is 6.98. The average Bonchev–Trinajstić information content (AvgIpc) is 3.22. The van der Waals surface area contributed by atoms with Gasteiger partial charge in [-0.3, -0.25) is 4.98 Å². The minimum atomic E-state index is 0.536. The molecule has 4 aromatic carbocycles. The molecule has 0 aliphatic rings. The fourth-order valence-corrected chi connectivity index (χ4v) is 6.03. The minimum Gasteiger partial charge on any atom is -0.265 e. The Kier molecular flexibility index (Phi) is 8.78. The number of aromatic nitrogens is 6. The van der Waals surface area contributed by atoms with Crippen LogP contribution in [0.15, 0.2) is 177 Å². The highest BCUT2D eigenvalue weighted by Crippen LogP contribution is 2.33. The summed E-state index contributed by atoms with van der Waals surface area (Å²) in [5, 5.41) is 0. The van der Waals surface area contributed by atoms with E-state index >= 15 is 0 Å². The highest BCUT2D eigenvalue weighted by atomic mass is 15.0. The van der Waals surface area contributed by atoms with E-state index in [2.05, 4.69) is 96.5 Å². The number of benzene rings is 4. The molecule has 0 radical (unpaired) electrons. The smallest absolute Gasteiger partial charge is 0.164 e. The Labute approximate surface area is 297 Å². The van der Waals surface area contributed by atoms with Crippen LogP contribution in [0.4, 0.5) is 0 Å². The molecule has 4 heterocycles. The van der Waals surface area contributed by atoms with Gasteiger partial charge in [0.2, 0.25) is 0 Å². The van der Waals surface area contributed by atoms with Crippen LogP contribution in [-0.4, -0.2) is 29.9 Å². The zero-order chi connectivity index (χ0) is 34.4. The summed E-state index contributed by atoms with van der Waals surface area (Å²) in [7, 11) is 0. The normalized spacial score (nSPS) is 10.9. The fraction of sp³-hybridized carbons (Fsp3) is 0.0222. The summed E-state index contributed by atoms with van der Waals surface area (Å²) in [5.74, 6) is 1.62. The van der Waals surface area contributed by atoms with Crippen molar-refractivity contribution >= 4 is 0 Å². The predicted molar refractivity (Wildman–Crippen MR) is 205 cm³/mol. The number of pyridine rings is 3. The van der Waals surface area contributed by atoms with Gasteiger partial charge in [0.15, 0.2) is 17.5 Å². The summed E-state index contributed by atoms with van der Waals surface area (Å²) < 4.78 is 0. The van der Waals surface area contributed by atoms with Gasteiger partial charge in [0, 0.05) is 51.3 Å². The second-order valence-electron chi connectivity index (χ2n) is 12.1. The molecule has 0 aliphatic carbocycles. The Hall–Kier alpha value is -6.92. The molecule has 0 N–H and O–H groups in total. The lowest BCUT2D eigenvalue weighted by Gasteiger charge is -2.13. The van der Waals surface area contributed by atoms with E-state index in [1.165, 1.54) is 5.56 Å². The van der Waals surface area contributed by atoms with Crippen molar-refractivity contribution in [3.8, 4) is 79.2 Å². The van der Waals surface area contributed by atoms with E-state index in [-0.39, 0.29) is 0 Å². The molecule has 6 heteroatoms. The summed E-state index contributed by atoms with van der Waals surface area (Å²) >= 11 is 0. The number of hydrogen-bond donors (Lipinski definition) is 0. The molecule has 4 aromatic heterocycles. The molecule has 51 heavy (non-hydrogen) atoms. The van der Waals surface area contributed by atoms with Gasteiger partial charge >= 0.3 is 0 Å². The Morgan fingerprint density at radius 3 is 1.24 bits per heavy atom. The van der Waals surface area contributed by atoms with Crippen LogP contribution in [0.3, 0.4) is 0 Å². The second-order valence-corrected chi connectivity index (χ2v) is 12.1. The molecule has 0 bridgehead atoms. The number of hydrogen-bond acceptors (Lipinski definition) is 6. The molecular weight excluding hydrogens is 625 g/mol. The lowest BCUT2D eigenvalue weighted by atomic mass is 10.0. The molecule has 6 nitrogen and oxygen atoms in total. The highest BCUT2D eigenvalue weighted by molar-refractivity contribution is 5.78. The van der Waals surface area contributed by atoms with Crippen LogP contribution in [-0.2, 0) is 6.42 Å². The Morgan fingerprint density at radius 1 is 0.373 bits per heavy atom. The number of rotatable bonds is 9. The van der Waals surface area contributed by atoms with Gasteiger partial charge in [-0.1, -0.05) is 115 Å². The average molecular weight is 657 g/mol. The first-order chi connectivity index (χ1) is 25.2. The highest BCUT2D eigenvalue weighted by Gasteiger charge is 2.17. The van der Waals surface area contributed by atoms with E-state index in [1.807, 2.05) is 72.8 Å². The van der Waals surface area contributed by atoms with Crippen molar-refractivity contribution in [3.63, 3.8) is 0 Å². The maximum absolute atomic E-state index is 5.18. The Bertz CT molecular complexity index is 2390.